The zero-order valence-corrected chi connectivity index (χ0v) is 13.8. The first-order valence-electron chi connectivity index (χ1n) is 6.65. The molecule has 2 rings (SSSR count). The zero-order valence-electron chi connectivity index (χ0n) is 12.2. The van der Waals surface area contributed by atoms with Crippen LogP contribution in [0.4, 0.5) is 0 Å². The molecular formula is C14H19N3OS2. The van der Waals surface area contributed by atoms with Crippen molar-refractivity contribution in [1.29, 1.82) is 0 Å². The highest BCUT2D eigenvalue weighted by atomic mass is 32.2. The van der Waals surface area contributed by atoms with Crippen LogP contribution in [0.2, 0.25) is 0 Å². The molecule has 1 unspecified atom stereocenters. The Labute approximate surface area is 127 Å². The monoisotopic (exact) mass is 309 g/mol. The number of fused-ring (bicyclic) bond motifs is 1. The van der Waals surface area contributed by atoms with Gasteiger partial charge in [-0.3, -0.25) is 4.79 Å². The minimum absolute atomic E-state index is 0.0562. The van der Waals surface area contributed by atoms with Gasteiger partial charge < -0.3 is 5.32 Å². The van der Waals surface area contributed by atoms with E-state index in [0.29, 0.717) is 5.75 Å². The highest BCUT2D eigenvalue weighted by molar-refractivity contribution is 8.00. The van der Waals surface area contributed by atoms with Gasteiger partial charge in [0.2, 0.25) is 5.91 Å². The van der Waals surface area contributed by atoms with Crippen LogP contribution in [0.3, 0.4) is 0 Å². The van der Waals surface area contributed by atoms with E-state index in [0.717, 1.165) is 21.7 Å². The first kappa shape index (κ1) is 15.3. The Morgan fingerprint density at radius 1 is 1.45 bits per heavy atom. The summed E-state index contributed by atoms with van der Waals surface area (Å²) in [5, 5.41) is 4.96. The number of nitrogens with zero attached hydrogens (tertiary/aromatic N) is 2. The quantitative estimate of drug-likeness (QED) is 0.680. The Balaban J connectivity index is 2.12. The molecule has 2 aromatic rings. The molecule has 0 aliphatic heterocycles. The molecule has 108 valence electrons. The molecule has 1 atom stereocenters. The second-order valence-electron chi connectivity index (χ2n) is 4.81. The number of aromatic nitrogens is 2. The Morgan fingerprint density at radius 2 is 2.20 bits per heavy atom. The van der Waals surface area contributed by atoms with E-state index in [1.165, 1.54) is 22.2 Å². The van der Waals surface area contributed by atoms with E-state index in [1.807, 2.05) is 6.92 Å². The predicted octanol–water partition coefficient (Wildman–Crippen LogP) is 3.31. The van der Waals surface area contributed by atoms with Crippen LogP contribution >= 0.6 is 23.1 Å². The first-order valence-corrected chi connectivity index (χ1v) is 8.46. The topological polar surface area (TPSA) is 54.9 Å². The molecule has 6 heteroatoms. The predicted molar refractivity (Wildman–Crippen MR) is 85.5 cm³/mol. The number of hydrogen-bond acceptors (Lipinski definition) is 5. The Hall–Kier alpha value is -1.14. The molecule has 1 amide bonds. The number of thioether (sulfide) groups is 1. The average molecular weight is 309 g/mol. The van der Waals surface area contributed by atoms with Crippen LogP contribution in [0, 0.1) is 13.8 Å². The molecule has 4 nitrogen and oxygen atoms in total. The van der Waals surface area contributed by atoms with Crippen molar-refractivity contribution < 1.29 is 4.79 Å². The van der Waals surface area contributed by atoms with Gasteiger partial charge in [-0.25, -0.2) is 9.97 Å². The van der Waals surface area contributed by atoms with E-state index in [2.05, 4.69) is 36.1 Å². The summed E-state index contributed by atoms with van der Waals surface area (Å²) in [7, 11) is 0. The number of hydrogen-bond donors (Lipinski definition) is 1. The fraction of sp³-hybridized carbons (Fsp3) is 0.500. The van der Waals surface area contributed by atoms with Gasteiger partial charge in [0, 0.05) is 16.3 Å². The summed E-state index contributed by atoms with van der Waals surface area (Å²) in [6, 6.07) is 0.221. The summed E-state index contributed by atoms with van der Waals surface area (Å²) in [5.41, 5.74) is 1.22. The van der Waals surface area contributed by atoms with Crippen molar-refractivity contribution in [3.8, 4) is 0 Å². The summed E-state index contributed by atoms with van der Waals surface area (Å²) in [6.07, 6.45) is 2.52. The minimum atomic E-state index is 0.0562. The molecule has 2 aromatic heterocycles. The van der Waals surface area contributed by atoms with Gasteiger partial charge in [0.15, 0.2) is 0 Å². The number of thiophene rings is 1. The molecule has 0 bridgehead atoms. The van der Waals surface area contributed by atoms with Gasteiger partial charge in [0.1, 0.15) is 16.2 Å². The molecule has 0 aromatic carbocycles. The van der Waals surface area contributed by atoms with Crippen molar-refractivity contribution in [2.75, 3.05) is 5.75 Å². The van der Waals surface area contributed by atoms with Crippen molar-refractivity contribution in [2.45, 2.75) is 45.2 Å². The normalized spacial score (nSPS) is 12.6. The number of carbonyl (C=O) groups is 1. The van der Waals surface area contributed by atoms with Crippen molar-refractivity contribution in [2.24, 2.45) is 0 Å². The maximum Gasteiger partial charge on any atom is 0.230 e. The zero-order chi connectivity index (χ0) is 14.7. The summed E-state index contributed by atoms with van der Waals surface area (Å²) in [5.74, 6) is 0.450. The number of carbonyl (C=O) groups excluding carboxylic acids is 1. The van der Waals surface area contributed by atoms with Crippen molar-refractivity contribution >= 4 is 39.2 Å². The summed E-state index contributed by atoms with van der Waals surface area (Å²) in [6.45, 7) is 8.24. The molecule has 0 aliphatic rings. The lowest BCUT2D eigenvalue weighted by Crippen LogP contribution is -2.33. The van der Waals surface area contributed by atoms with E-state index in [9.17, 15) is 4.79 Å². The van der Waals surface area contributed by atoms with Crippen LogP contribution in [0.5, 0.6) is 0 Å². The molecule has 0 fully saturated rings. The number of aryl methyl sites for hydroxylation is 2. The summed E-state index contributed by atoms with van der Waals surface area (Å²) in [4.78, 5) is 22.7. The highest BCUT2D eigenvalue weighted by Crippen LogP contribution is 2.34. The van der Waals surface area contributed by atoms with Gasteiger partial charge >= 0.3 is 0 Å². The molecular weight excluding hydrogens is 290 g/mol. The van der Waals surface area contributed by atoms with E-state index in [1.54, 1.807) is 17.7 Å². The molecule has 0 saturated carbocycles. The first-order chi connectivity index (χ1) is 9.52. The van der Waals surface area contributed by atoms with E-state index in [4.69, 9.17) is 0 Å². The van der Waals surface area contributed by atoms with Crippen LogP contribution in [-0.2, 0) is 4.79 Å². The number of amides is 1. The maximum atomic E-state index is 11.8. The fourth-order valence-electron chi connectivity index (χ4n) is 1.81. The highest BCUT2D eigenvalue weighted by Gasteiger charge is 2.14. The fourth-order valence-corrected chi connectivity index (χ4v) is 3.74. The van der Waals surface area contributed by atoms with Gasteiger partial charge in [0.05, 0.1) is 5.75 Å². The van der Waals surface area contributed by atoms with Crippen LogP contribution < -0.4 is 5.32 Å². The lowest BCUT2D eigenvalue weighted by molar-refractivity contribution is -0.119. The molecule has 20 heavy (non-hydrogen) atoms. The van der Waals surface area contributed by atoms with Crippen LogP contribution in [0.15, 0.2) is 11.4 Å². The van der Waals surface area contributed by atoms with Gasteiger partial charge in [-0.05, 0) is 32.8 Å². The van der Waals surface area contributed by atoms with E-state index < -0.39 is 0 Å². The average Bonchev–Trinajstić information content (AvgIpc) is 2.72. The Kier molecular flexibility index (Phi) is 4.99. The van der Waals surface area contributed by atoms with E-state index >= 15 is 0 Å². The molecule has 0 radical (unpaired) electrons. The number of rotatable bonds is 5. The van der Waals surface area contributed by atoms with Crippen molar-refractivity contribution in [1.82, 2.24) is 15.3 Å². The maximum absolute atomic E-state index is 11.8. The molecule has 1 N–H and O–H groups in total. The largest absolute Gasteiger partial charge is 0.353 e. The summed E-state index contributed by atoms with van der Waals surface area (Å²) < 4.78 is 0. The van der Waals surface area contributed by atoms with Crippen molar-refractivity contribution in [3.05, 3.63) is 16.8 Å². The SMILES string of the molecule is CCC(C)NC(=O)CSc1ncnc2sc(C)c(C)c12. The van der Waals surface area contributed by atoms with Crippen LogP contribution in [-0.4, -0.2) is 27.7 Å². The van der Waals surface area contributed by atoms with Gasteiger partial charge in [0.25, 0.3) is 0 Å². The summed E-state index contributed by atoms with van der Waals surface area (Å²) >= 11 is 3.16. The molecule has 0 saturated heterocycles. The molecule has 0 aliphatic carbocycles. The lowest BCUT2D eigenvalue weighted by atomic mass is 10.2. The van der Waals surface area contributed by atoms with Crippen molar-refractivity contribution in [3.63, 3.8) is 0 Å². The molecule has 0 spiro atoms. The third-order valence-electron chi connectivity index (χ3n) is 3.29. The van der Waals surface area contributed by atoms with Gasteiger partial charge in [-0.1, -0.05) is 18.7 Å². The smallest absolute Gasteiger partial charge is 0.230 e. The van der Waals surface area contributed by atoms with Crippen LogP contribution in [0.25, 0.3) is 10.2 Å². The third-order valence-corrected chi connectivity index (χ3v) is 5.40. The Morgan fingerprint density at radius 3 is 2.90 bits per heavy atom. The standard InChI is InChI=1S/C14H19N3OS2/c1-5-8(2)17-11(18)6-19-13-12-9(3)10(4)20-14(12)16-7-15-13/h7-8H,5-6H2,1-4H3,(H,17,18). The second-order valence-corrected chi connectivity index (χ2v) is 6.97. The minimum Gasteiger partial charge on any atom is -0.353 e. The van der Waals surface area contributed by atoms with E-state index in [-0.39, 0.29) is 11.9 Å². The van der Waals surface area contributed by atoms with Gasteiger partial charge in [-0.2, -0.15) is 0 Å². The number of nitrogens with one attached hydrogen (secondary N) is 1. The van der Waals surface area contributed by atoms with Gasteiger partial charge in [-0.15, -0.1) is 11.3 Å². The third kappa shape index (κ3) is 3.30. The Bertz CT molecular complexity index is 624. The lowest BCUT2D eigenvalue weighted by Gasteiger charge is -2.10. The van der Waals surface area contributed by atoms with Crippen LogP contribution in [0.1, 0.15) is 30.7 Å². The molecule has 2 heterocycles. The second kappa shape index (κ2) is 6.54.